The summed E-state index contributed by atoms with van der Waals surface area (Å²) in [6.07, 6.45) is 5.69. The minimum absolute atomic E-state index is 0. The van der Waals surface area contributed by atoms with Gasteiger partial charge in [-0.3, -0.25) is 10.2 Å². The van der Waals surface area contributed by atoms with Gasteiger partial charge >= 0.3 is 0 Å². The summed E-state index contributed by atoms with van der Waals surface area (Å²) < 4.78 is 20.9. The molecule has 1 unspecified atom stereocenters. The van der Waals surface area contributed by atoms with Gasteiger partial charge in [-0.2, -0.15) is 0 Å². The fraction of sp³-hybridized carbons (Fsp3) is 0.769. The van der Waals surface area contributed by atoms with E-state index >= 15 is 0 Å². The van der Waals surface area contributed by atoms with Crippen LogP contribution in [0.4, 0.5) is 0 Å². The molecule has 7 nitrogen and oxygen atoms in total. The molecule has 0 aliphatic carbocycles. The molecule has 0 aromatic rings. The van der Waals surface area contributed by atoms with Gasteiger partial charge < -0.3 is 31.6 Å². The molecule has 125 valence electrons. The van der Waals surface area contributed by atoms with Crippen LogP contribution in [0.25, 0.3) is 0 Å². The van der Waals surface area contributed by atoms with E-state index in [0.717, 1.165) is 0 Å². The maximum atomic E-state index is 11.0. The molecule has 0 aliphatic rings. The quantitative estimate of drug-likeness (QED) is 0.0950. The van der Waals surface area contributed by atoms with E-state index in [2.05, 4.69) is 5.92 Å². The molecule has 1 amide bonds. The van der Waals surface area contributed by atoms with Gasteiger partial charge in [0.15, 0.2) is 0 Å². The zero-order valence-corrected chi connectivity index (χ0v) is 16.3. The monoisotopic (exact) mass is 408 g/mol. The summed E-state index contributed by atoms with van der Waals surface area (Å²) in [6, 6.07) is 0. The molecule has 0 saturated heterocycles. The van der Waals surface area contributed by atoms with E-state index in [1.807, 2.05) is 5.43 Å². The third kappa shape index (κ3) is 16.7. The van der Waals surface area contributed by atoms with Crippen LogP contribution in [0.2, 0.25) is 0 Å². The van der Waals surface area contributed by atoms with E-state index in [1.165, 1.54) is 0 Å². The van der Waals surface area contributed by atoms with Crippen molar-refractivity contribution in [1.29, 1.82) is 0 Å². The van der Waals surface area contributed by atoms with Crippen molar-refractivity contribution < 1.29 is 56.5 Å². The third-order valence-corrected chi connectivity index (χ3v) is 2.56. The summed E-state index contributed by atoms with van der Waals surface area (Å²) in [6.45, 7) is 3.44. The molecule has 0 fully saturated rings. The van der Waals surface area contributed by atoms with Crippen molar-refractivity contribution in [3.8, 4) is 12.3 Å². The van der Waals surface area contributed by atoms with Gasteiger partial charge in [0.2, 0.25) is 5.91 Å². The number of ether oxygens (including phenoxy) is 4. The van der Waals surface area contributed by atoms with Crippen molar-refractivity contribution in [1.82, 2.24) is 5.43 Å². The number of hydrazine groups is 1. The number of nitrogens with two attached hydrogens (primary N) is 1. The first-order valence-electron chi connectivity index (χ1n) is 6.63. The van der Waals surface area contributed by atoms with Crippen molar-refractivity contribution >= 4 is 18.5 Å². The Morgan fingerprint density at radius 2 is 1.50 bits per heavy atom. The molecule has 0 rings (SSSR count). The predicted octanol–water partition coefficient (Wildman–Crippen LogP) is -1.02. The predicted molar refractivity (Wildman–Crippen MR) is 80.2 cm³/mol. The van der Waals surface area contributed by atoms with Crippen LogP contribution in [0.1, 0.15) is 6.42 Å². The normalized spacial score (nSPS) is 11.3. The fourth-order valence-corrected chi connectivity index (χ4v) is 1.31. The average molecular weight is 408 g/mol. The van der Waals surface area contributed by atoms with Crippen molar-refractivity contribution in [2.24, 2.45) is 5.84 Å². The Kier molecular flexibility index (Phi) is 21.6. The number of amides is 1. The minimum atomic E-state index is -0.687. The average Bonchev–Trinajstić information content (AvgIpc) is 2.50. The standard InChI is InChI=1S/C13H24N2O5S.Y/c1-2-3-4-17-5-6-18-7-8-19-9-10-20-11-12(21)13(16)15-14;/h1,12,21H,3-11,14H2,(H,15,16);/p-1. The topological polar surface area (TPSA) is 92.0 Å². The Morgan fingerprint density at radius 1 is 1.05 bits per heavy atom. The summed E-state index contributed by atoms with van der Waals surface area (Å²) in [4.78, 5) is 11.0. The maximum absolute atomic E-state index is 11.0. The molecule has 1 atom stereocenters. The number of rotatable bonds is 14. The maximum Gasteiger partial charge on any atom is 0.215 e. The molecule has 1 radical (unpaired) electrons. The molecule has 0 heterocycles. The van der Waals surface area contributed by atoms with E-state index < -0.39 is 11.2 Å². The van der Waals surface area contributed by atoms with Crippen molar-refractivity contribution in [3.05, 3.63) is 0 Å². The zero-order chi connectivity index (χ0) is 15.8. The van der Waals surface area contributed by atoms with E-state index in [0.29, 0.717) is 52.7 Å². The van der Waals surface area contributed by atoms with E-state index in [-0.39, 0.29) is 39.3 Å². The third-order valence-electron chi connectivity index (χ3n) is 2.21. The van der Waals surface area contributed by atoms with Crippen molar-refractivity contribution in [3.63, 3.8) is 0 Å². The first-order chi connectivity index (χ1) is 10.2. The summed E-state index contributed by atoms with van der Waals surface area (Å²) >= 11 is 4.85. The molecule has 0 spiro atoms. The van der Waals surface area contributed by atoms with Crippen LogP contribution in [0.15, 0.2) is 0 Å². The molecule has 0 aromatic carbocycles. The smallest absolute Gasteiger partial charge is 0.215 e. The van der Waals surface area contributed by atoms with Gasteiger partial charge in [-0.1, -0.05) is 5.25 Å². The van der Waals surface area contributed by atoms with Crippen LogP contribution in [0.5, 0.6) is 0 Å². The van der Waals surface area contributed by atoms with Crippen molar-refractivity contribution in [2.75, 3.05) is 52.9 Å². The summed E-state index contributed by atoms with van der Waals surface area (Å²) in [5, 5.41) is -0.687. The van der Waals surface area contributed by atoms with Crippen LogP contribution in [0.3, 0.4) is 0 Å². The summed E-state index contributed by atoms with van der Waals surface area (Å²) in [5.41, 5.74) is 1.97. The number of carbonyl (C=O) groups is 1. The second kappa shape index (κ2) is 19.3. The Labute approximate surface area is 162 Å². The summed E-state index contributed by atoms with van der Waals surface area (Å²) in [7, 11) is 0. The molecule has 3 N–H and O–H groups in total. The second-order valence-electron chi connectivity index (χ2n) is 3.86. The largest absolute Gasteiger partial charge is 0.778 e. The molecule has 9 heteroatoms. The van der Waals surface area contributed by atoms with E-state index in [9.17, 15) is 4.79 Å². The van der Waals surface area contributed by atoms with E-state index in [4.69, 9.17) is 43.8 Å². The second-order valence-corrected chi connectivity index (χ2v) is 4.43. The molecular weight excluding hydrogens is 385 g/mol. The van der Waals surface area contributed by atoms with Crippen LogP contribution in [-0.2, 0) is 69.1 Å². The molecule has 0 aromatic heterocycles. The summed E-state index contributed by atoms with van der Waals surface area (Å²) in [5.74, 6) is 7.00. The van der Waals surface area contributed by atoms with Gasteiger partial charge in [0.05, 0.1) is 46.2 Å². The van der Waals surface area contributed by atoms with Gasteiger partial charge in [0.1, 0.15) is 0 Å². The van der Waals surface area contributed by atoms with Gasteiger partial charge in [-0.05, 0) is 0 Å². The number of nitrogens with one attached hydrogen (secondary N) is 1. The molecule has 22 heavy (non-hydrogen) atoms. The Bertz CT molecular complexity index is 305. The van der Waals surface area contributed by atoms with Gasteiger partial charge in [0, 0.05) is 45.7 Å². The molecule has 0 bridgehead atoms. The number of hydrogen-bond acceptors (Lipinski definition) is 7. The van der Waals surface area contributed by atoms with Crippen molar-refractivity contribution in [2.45, 2.75) is 11.7 Å². The van der Waals surface area contributed by atoms with E-state index in [1.54, 1.807) is 0 Å². The van der Waals surface area contributed by atoms with Gasteiger partial charge in [-0.25, -0.2) is 5.84 Å². The first-order valence-corrected chi connectivity index (χ1v) is 7.10. The minimum Gasteiger partial charge on any atom is -0.778 e. The van der Waals surface area contributed by atoms with Crippen LogP contribution in [0, 0.1) is 12.3 Å². The Morgan fingerprint density at radius 3 is 1.95 bits per heavy atom. The van der Waals surface area contributed by atoms with Gasteiger partial charge in [-0.15, -0.1) is 12.3 Å². The molecule has 0 saturated carbocycles. The van der Waals surface area contributed by atoms with Gasteiger partial charge in [0.25, 0.3) is 0 Å². The van der Waals surface area contributed by atoms with Crippen LogP contribution in [-0.4, -0.2) is 64.0 Å². The van der Waals surface area contributed by atoms with Crippen LogP contribution >= 0.6 is 0 Å². The molecule has 0 aliphatic heterocycles. The first kappa shape index (κ1) is 24.5. The van der Waals surface area contributed by atoms with Crippen LogP contribution < -0.4 is 11.3 Å². The Balaban J connectivity index is 0. The Hall–Kier alpha value is 0.284. The number of terminal acetylenes is 1. The fourth-order valence-electron chi connectivity index (χ4n) is 1.15. The zero-order valence-electron chi connectivity index (χ0n) is 12.6. The number of carbonyl (C=O) groups excluding carboxylic acids is 1. The number of hydrogen-bond donors (Lipinski definition) is 2. The molecular formula is C13H23N2O5SY-. The SMILES string of the molecule is C#CCCOCCOCCOCCOCC([S-])C(=O)NN.[Y].